The molecule has 0 fully saturated rings. The molecule has 0 radical (unpaired) electrons. The van der Waals surface area contributed by atoms with Crippen molar-refractivity contribution in [1.82, 2.24) is 9.97 Å². The second-order valence-electron chi connectivity index (χ2n) is 10.4. The first-order valence-electron chi connectivity index (χ1n) is 15.1. The first-order valence-corrected chi connectivity index (χ1v) is 18.8. The van der Waals surface area contributed by atoms with E-state index in [-0.39, 0.29) is 23.5 Å². The highest BCUT2D eigenvalue weighted by molar-refractivity contribution is 7.90. The van der Waals surface area contributed by atoms with Gasteiger partial charge in [-0.25, -0.2) is 18.4 Å². The van der Waals surface area contributed by atoms with Gasteiger partial charge in [0.25, 0.3) is 11.8 Å². The number of ether oxygens (including phenoxy) is 3. The van der Waals surface area contributed by atoms with Gasteiger partial charge in [0.2, 0.25) is 11.9 Å². The first kappa shape index (κ1) is 35.6. The second-order valence-corrected chi connectivity index (χ2v) is 14.2. The maximum atomic E-state index is 12.5. The molecule has 1 atom stereocenters. The van der Waals surface area contributed by atoms with Crippen LogP contribution in [0.25, 0.3) is 0 Å². The number of carbonyl (C=O) groups is 2. The fourth-order valence-electron chi connectivity index (χ4n) is 4.21. The van der Waals surface area contributed by atoms with Crippen LogP contribution in [0.1, 0.15) is 58.8 Å². The molecule has 5 rings (SSSR count). The summed E-state index contributed by atoms with van der Waals surface area (Å²) < 4.78 is 39.3. The van der Waals surface area contributed by atoms with Gasteiger partial charge in [0, 0.05) is 41.9 Å². The van der Waals surface area contributed by atoms with Crippen molar-refractivity contribution >= 4 is 54.6 Å². The number of amides is 2. The lowest BCUT2D eigenvalue weighted by molar-refractivity contribution is -0.123. The summed E-state index contributed by atoms with van der Waals surface area (Å²) in [6.07, 6.45) is 9.46. The largest absolute Gasteiger partial charge is 0.481 e. The van der Waals surface area contributed by atoms with Gasteiger partial charge < -0.3 is 19.0 Å². The van der Waals surface area contributed by atoms with Gasteiger partial charge in [0.1, 0.15) is 5.75 Å². The zero-order valence-electron chi connectivity index (χ0n) is 26.4. The van der Waals surface area contributed by atoms with Crippen LogP contribution in [0.15, 0.2) is 70.5 Å². The van der Waals surface area contributed by atoms with Gasteiger partial charge in [-0.1, -0.05) is 33.1 Å². The SMILES string of the molecule is CCCCC(Oc1ccc(S(C)(=O)=O)cc1)C(=O)Nc1nccs1.CCCCCC(=O)N(Oc1ccc2c(c1)OCO2)c1nccs1. The summed E-state index contributed by atoms with van der Waals surface area (Å²) in [5.74, 6) is 1.88. The monoisotopic (exact) mass is 702 g/mol. The van der Waals surface area contributed by atoms with Crippen LogP contribution in [0.2, 0.25) is 0 Å². The molecule has 47 heavy (non-hydrogen) atoms. The molecule has 0 bridgehead atoms. The minimum absolute atomic E-state index is 0.105. The van der Waals surface area contributed by atoms with Crippen molar-refractivity contribution < 1.29 is 37.1 Å². The molecule has 15 heteroatoms. The minimum Gasteiger partial charge on any atom is -0.481 e. The molecule has 1 aliphatic heterocycles. The van der Waals surface area contributed by atoms with E-state index in [1.165, 1.54) is 39.9 Å². The number of hydrogen-bond donors (Lipinski definition) is 1. The van der Waals surface area contributed by atoms with E-state index in [9.17, 15) is 18.0 Å². The Kier molecular flexibility index (Phi) is 13.4. The van der Waals surface area contributed by atoms with Gasteiger partial charge >= 0.3 is 0 Å². The van der Waals surface area contributed by atoms with Gasteiger partial charge in [0.15, 0.2) is 38.3 Å². The van der Waals surface area contributed by atoms with Crippen LogP contribution in [-0.4, -0.2) is 49.4 Å². The number of hydroxylamine groups is 1. The molecule has 0 saturated carbocycles. The van der Waals surface area contributed by atoms with Crippen molar-refractivity contribution in [2.75, 3.05) is 23.4 Å². The van der Waals surface area contributed by atoms with E-state index in [0.29, 0.717) is 46.1 Å². The van der Waals surface area contributed by atoms with E-state index in [1.54, 1.807) is 48.1 Å². The Hall–Kier alpha value is -4.21. The van der Waals surface area contributed by atoms with Crippen molar-refractivity contribution in [3.05, 3.63) is 65.6 Å². The third kappa shape index (κ3) is 10.9. The number of rotatable bonds is 15. The Morgan fingerprint density at radius 2 is 1.64 bits per heavy atom. The number of fused-ring (bicyclic) bond motifs is 1. The Morgan fingerprint density at radius 1 is 0.936 bits per heavy atom. The lowest BCUT2D eigenvalue weighted by Gasteiger charge is -2.19. The number of nitrogens with zero attached hydrogens (tertiary/aromatic N) is 3. The maximum absolute atomic E-state index is 12.5. The third-order valence-electron chi connectivity index (χ3n) is 6.66. The minimum atomic E-state index is -3.25. The predicted octanol–water partition coefficient (Wildman–Crippen LogP) is 6.90. The van der Waals surface area contributed by atoms with Crippen LogP contribution in [0, 0.1) is 0 Å². The van der Waals surface area contributed by atoms with Crippen LogP contribution in [-0.2, 0) is 19.4 Å². The number of aromatic nitrogens is 2. The summed E-state index contributed by atoms with van der Waals surface area (Å²) >= 11 is 2.69. The Morgan fingerprint density at radius 3 is 2.30 bits per heavy atom. The average molecular weight is 703 g/mol. The van der Waals surface area contributed by atoms with Crippen molar-refractivity contribution in [2.45, 2.75) is 69.8 Å². The molecule has 0 aliphatic carbocycles. The van der Waals surface area contributed by atoms with Crippen molar-refractivity contribution in [3.8, 4) is 23.0 Å². The van der Waals surface area contributed by atoms with Gasteiger partial charge in [-0.2, -0.15) is 0 Å². The number of hydrogen-bond acceptors (Lipinski definition) is 12. The highest BCUT2D eigenvalue weighted by atomic mass is 32.2. The molecule has 1 N–H and O–H groups in total. The number of benzene rings is 2. The van der Waals surface area contributed by atoms with E-state index < -0.39 is 15.9 Å². The van der Waals surface area contributed by atoms with Gasteiger partial charge in [-0.15, -0.1) is 27.7 Å². The molecular formula is C32H38N4O8S3. The van der Waals surface area contributed by atoms with E-state index in [0.717, 1.165) is 38.4 Å². The fourth-order valence-corrected chi connectivity index (χ4v) is 5.98. The number of unbranched alkanes of at least 4 members (excludes halogenated alkanes) is 3. The summed E-state index contributed by atoms with van der Waals surface area (Å²) in [4.78, 5) is 39.0. The van der Waals surface area contributed by atoms with E-state index in [4.69, 9.17) is 19.0 Å². The molecule has 0 spiro atoms. The lowest BCUT2D eigenvalue weighted by Crippen LogP contribution is -2.34. The number of nitrogens with one attached hydrogen (secondary N) is 1. The lowest BCUT2D eigenvalue weighted by atomic mass is 10.1. The molecule has 252 valence electrons. The maximum Gasteiger partial charge on any atom is 0.267 e. The molecule has 0 saturated heterocycles. The standard InChI is InChI=1S/C16H20N2O4S2.C16H18N2O4S/c1-3-4-5-14(15(19)18-16-17-10-11-23-16)22-12-6-8-13(9-7-12)24(2,20)21;1-2-3-4-5-15(19)18(16-17-8-9-23-16)22-12-6-7-13-14(10-12)21-11-20-13/h6-11,14H,3-5H2,1-2H3,(H,17,18,19);6-10H,2-5,11H2,1H3. The second kappa shape index (κ2) is 17.6. The molecule has 2 aromatic carbocycles. The van der Waals surface area contributed by atoms with Gasteiger partial charge in [-0.3, -0.25) is 14.9 Å². The summed E-state index contributed by atoms with van der Waals surface area (Å²) in [6.45, 7) is 4.34. The molecule has 1 unspecified atom stereocenters. The van der Waals surface area contributed by atoms with Crippen molar-refractivity contribution in [1.29, 1.82) is 0 Å². The van der Waals surface area contributed by atoms with Crippen LogP contribution in [0.5, 0.6) is 23.0 Å². The van der Waals surface area contributed by atoms with Crippen molar-refractivity contribution in [2.24, 2.45) is 0 Å². The Balaban J connectivity index is 0.000000213. The highest BCUT2D eigenvalue weighted by Gasteiger charge is 2.23. The Bertz CT molecular complexity index is 1660. The molecule has 2 amide bonds. The van der Waals surface area contributed by atoms with Gasteiger partial charge in [0.05, 0.1) is 4.90 Å². The summed E-state index contributed by atoms with van der Waals surface area (Å²) in [6, 6.07) is 11.3. The summed E-state index contributed by atoms with van der Waals surface area (Å²) in [5.41, 5.74) is 0. The molecule has 1 aliphatic rings. The number of thiazole rings is 2. The quantitative estimate of drug-likeness (QED) is 0.103. The molecule has 12 nitrogen and oxygen atoms in total. The van der Waals surface area contributed by atoms with Crippen LogP contribution >= 0.6 is 22.7 Å². The zero-order valence-corrected chi connectivity index (χ0v) is 28.9. The fraction of sp³-hybridized carbons (Fsp3) is 0.375. The third-order valence-corrected chi connectivity index (χ3v) is 9.22. The van der Waals surface area contributed by atoms with Gasteiger partial charge in [-0.05, 0) is 55.7 Å². The number of carbonyl (C=O) groups excluding carboxylic acids is 2. The molecule has 4 aromatic rings. The highest BCUT2D eigenvalue weighted by Crippen LogP contribution is 2.36. The predicted molar refractivity (Wildman–Crippen MR) is 181 cm³/mol. The van der Waals surface area contributed by atoms with E-state index in [2.05, 4.69) is 22.2 Å². The Labute approximate surface area is 282 Å². The first-order chi connectivity index (χ1) is 22.7. The van der Waals surface area contributed by atoms with E-state index in [1.807, 2.05) is 12.3 Å². The zero-order chi connectivity index (χ0) is 33.6. The molecule has 3 heterocycles. The molecular weight excluding hydrogens is 665 g/mol. The molecule has 2 aromatic heterocycles. The summed E-state index contributed by atoms with van der Waals surface area (Å²) in [5, 5.41) is 8.63. The van der Waals surface area contributed by atoms with E-state index >= 15 is 0 Å². The normalized spacial score (nSPS) is 12.4. The summed E-state index contributed by atoms with van der Waals surface area (Å²) in [7, 11) is -3.25. The average Bonchev–Trinajstić information content (AvgIpc) is 3.86. The van der Waals surface area contributed by atoms with Crippen LogP contribution in [0.4, 0.5) is 10.3 Å². The van der Waals surface area contributed by atoms with Crippen molar-refractivity contribution in [3.63, 3.8) is 0 Å². The smallest absolute Gasteiger partial charge is 0.267 e. The van der Waals surface area contributed by atoms with Crippen LogP contribution in [0.3, 0.4) is 0 Å². The number of anilines is 2. The number of sulfone groups is 1. The van der Waals surface area contributed by atoms with Crippen LogP contribution < -0.4 is 29.4 Å². The topological polar surface area (TPSA) is 146 Å².